The second-order valence-corrected chi connectivity index (χ2v) is 22.0. The predicted molar refractivity (Wildman–Crippen MR) is 313 cm³/mol. The van der Waals surface area contributed by atoms with Crippen molar-refractivity contribution in [1.29, 1.82) is 0 Å². The SMILES string of the molecule is CCCCC/C=C\C/C=C\CCCCCCCCCC(=O)OCC(COC1OC(C(=O)O)C(O)C(O)C1OC(=O)CCCCCCCCCCCCCCCCCCC)OC(=O)CCCCCCC/C=C\CCCCCC. The van der Waals surface area contributed by atoms with E-state index in [9.17, 15) is 34.5 Å². The summed E-state index contributed by atoms with van der Waals surface area (Å²) in [4.78, 5) is 51.2. The summed E-state index contributed by atoms with van der Waals surface area (Å²) < 4.78 is 28.5. The number of esters is 3. The summed E-state index contributed by atoms with van der Waals surface area (Å²) in [6.07, 6.45) is 51.0. The summed E-state index contributed by atoms with van der Waals surface area (Å²) >= 11 is 0. The van der Waals surface area contributed by atoms with Crippen molar-refractivity contribution in [1.82, 2.24) is 0 Å². The monoisotopic (exact) mass is 1090 g/mol. The molecule has 6 unspecified atom stereocenters. The molecule has 0 saturated carbocycles. The molecule has 0 aromatic carbocycles. The molecule has 6 atom stereocenters. The summed E-state index contributed by atoms with van der Waals surface area (Å²) in [5, 5.41) is 31.6. The number of hydrogen-bond donors (Lipinski definition) is 3. The number of carboxylic acids is 1. The molecular formula is C65H116O12. The van der Waals surface area contributed by atoms with Crippen molar-refractivity contribution in [3.05, 3.63) is 36.5 Å². The van der Waals surface area contributed by atoms with Gasteiger partial charge >= 0.3 is 23.9 Å². The zero-order chi connectivity index (χ0) is 56.1. The van der Waals surface area contributed by atoms with Gasteiger partial charge in [-0.25, -0.2) is 4.79 Å². The minimum Gasteiger partial charge on any atom is -0.479 e. The van der Waals surface area contributed by atoms with Gasteiger partial charge in [-0.2, -0.15) is 0 Å². The first kappa shape index (κ1) is 72.0. The maximum absolute atomic E-state index is 13.2. The van der Waals surface area contributed by atoms with Crippen molar-refractivity contribution in [2.75, 3.05) is 13.2 Å². The van der Waals surface area contributed by atoms with Gasteiger partial charge in [-0.15, -0.1) is 0 Å². The fraction of sp³-hybridized carbons (Fsp3) is 0.846. The van der Waals surface area contributed by atoms with E-state index in [4.69, 9.17) is 23.7 Å². The van der Waals surface area contributed by atoms with Gasteiger partial charge in [0.2, 0.25) is 0 Å². The van der Waals surface area contributed by atoms with Gasteiger partial charge in [-0.1, -0.05) is 243 Å². The molecule has 1 heterocycles. The van der Waals surface area contributed by atoms with E-state index >= 15 is 0 Å². The summed E-state index contributed by atoms with van der Waals surface area (Å²) in [6, 6.07) is 0. The molecule has 12 nitrogen and oxygen atoms in total. The van der Waals surface area contributed by atoms with Crippen molar-refractivity contribution >= 4 is 23.9 Å². The number of hydrogen-bond acceptors (Lipinski definition) is 11. The van der Waals surface area contributed by atoms with Crippen molar-refractivity contribution in [3.8, 4) is 0 Å². The van der Waals surface area contributed by atoms with Gasteiger partial charge in [0.1, 0.15) is 18.8 Å². The van der Waals surface area contributed by atoms with Gasteiger partial charge in [-0.05, 0) is 77.0 Å². The molecule has 1 aliphatic rings. The molecule has 0 aromatic heterocycles. The van der Waals surface area contributed by atoms with E-state index in [2.05, 4.69) is 57.2 Å². The highest BCUT2D eigenvalue weighted by Gasteiger charge is 2.50. The fourth-order valence-electron chi connectivity index (χ4n) is 9.75. The molecule has 0 aromatic rings. The predicted octanol–water partition coefficient (Wildman–Crippen LogP) is 16.8. The highest BCUT2D eigenvalue weighted by Crippen LogP contribution is 2.27. The Labute approximate surface area is 470 Å². The highest BCUT2D eigenvalue weighted by molar-refractivity contribution is 5.74. The Morgan fingerprint density at radius 1 is 0.429 bits per heavy atom. The van der Waals surface area contributed by atoms with E-state index in [1.807, 2.05) is 0 Å². The van der Waals surface area contributed by atoms with Crippen molar-refractivity contribution in [2.45, 2.75) is 340 Å². The zero-order valence-electron chi connectivity index (χ0n) is 49.5. The van der Waals surface area contributed by atoms with Crippen LogP contribution in [-0.2, 0) is 42.9 Å². The van der Waals surface area contributed by atoms with Crippen LogP contribution in [0.15, 0.2) is 36.5 Å². The van der Waals surface area contributed by atoms with E-state index in [0.717, 1.165) is 96.3 Å². The minimum atomic E-state index is -1.90. The van der Waals surface area contributed by atoms with Crippen LogP contribution in [-0.4, -0.2) is 89.2 Å². The highest BCUT2D eigenvalue weighted by atomic mass is 16.7. The summed E-state index contributed by atoms with van der Waals surface area (Å²) in [5.74, 6) is -3.11. The molecule has 1 fully saturated rings. The Bertz CT molecular complexity index is 1480. The van der Waals surface area contributed by atoms with Crippen LogP contribution < -0.4 is 0 Å². The third-order valence-electron chi connectivity index (χ3n) is 14.7. The average molecular weight is 1090 g/mol. The molecule has 1 rings (SSSR count). The molecule has 448 valence electrons. The second kappa shape index (κ2) is 53.6. The molecule has 0 bridgehead atoms. The lowest BCUT2D eigenvalue weighted by Crippen LogP contribution is -2.61. The van der Waals surface area contributed by atoms with Crippen LogP contribution in [0, 0.1) is 0 Å². The number of carboxylic acid groups (broad SMARTS) is 1. The Morgan fingerprint density at radius 2 is 0.779 bits per heavy atom. The molecule has 0 radical (unpaired) electrons. The molecular weight excluding hydrogens is 973 g/mol. The number of carbonyl (C=O) groups is 4. The molecule has 0 spiro atoms. The number of ether oxygens (including phenoxy) is 5. The Hall–Kier alpha value is -3.06. The fourth-order valence-corrected chi connectivity index (χ4v) is 9.75. The van der Waals surface area contributed by atoms with E-state index in [0.29, 0.717) is 19.3 Å². The van der Waals surface area contributed by atoms with Crippen molar-refractivity contribution < 1.29 is 58.2 Å². The maximum atomic E-state index is 13.2. The normalized spacial score (nSPS) is 18.2. The van der Waals surface area contributed by atoms with Crippen LogP contribution >= 0.6 is 0 Å². The summed E-state index contributed by atoms with van der Waals surface area (Å²) in [6.45, 7) is 5.98. The molecule has 3 N–H and O–H groups in total. The number of rotatable bonds is 55. The Kier molecular flexibility index (Phi) is 50.1. The van der Waals surface area contributed by atoms with Crippen molar-refractivity contribution in [2.24, 2.45) is 0 Å². The number of carbonyl (C=O) groups excluding carboxylic acids is 3. The van der Waals surface area contributed by atoms with Crippen LogP contribution in [0.25, 0.3) is 0 Å². The standard InChI is InChI=1S/C65H116O12/c1-4-7-10-13-16-19-22-25-27-29-31-34-36-39-42-45-48-51-57(66)73-54-56(75-58(67)52-49-46-43-40-37-33-24-21-18-15-12-9-6-3)55-74-65-63(61(70)60(69)62(77-65)64(71)72)76-59(68)53-50-47-44-41-38-35-32-30-28-26-23-20-17-14-11-8-5-2/h16,19,21,24-25,27,56,60-63,65,69-70H,4-15,17-18,20,22-23,26,28-55H2,1-3H3,(H,71,72)/b19-16-,24-21-,27-25-. The number of aliphatic hydroxyl groups excluding tert-OH is 2. The van der Waals surface area contributed by atoms with Gasteiger partial charge < -0.3 is 39.0 Å². The van der Waals surface area contributed by atoms with Gasteiger partial charge in [0.05, 0.1) is 6.61 Å². The van der Waals surface area contributed by atoms with E-state index in [1.54, 1.807) is 0 Å². The van der Waals surface area contributed by atoms with Gasteiger partial charge in [0.15, 0.2) is 24.6 Å². The van der Waals surface area contributed by atoms with Crippen molar-refractivity contribution in [3.63, 3.8) is 0 Å². The van der Waals surface area contributed by atoms with E-state index in [1.165, 1.54) is 148 Å². The summed E-state index contributed by atoms with van der Waals surface area (Å²) in [7, 11) is 0. The number of unbranched alkanes of at least 4 members (excludes halogenated alkanes) is 35. The van der Waals surface area contributed by atoms with Crippen LogP contribution in [0.2, 0.25) is 0 Å². The Balaban J connectivity index is 2.65. The molecule has 77 heavy (non-hydrogen) atoms. The lowest BCUT2D eigenvalue weighted by molar-refractivity contribution is -0.301. The summed E-state index contributed by atoms with van der Waals surface area (Å²) in [5.41, 5.74) is 0. The quantitative estimate of drug-likeness (QED) is 0.0228. The van der Waals surface area contributed by atoms with Gasteiger partial charge in [-0.3, -0.25) is 14.4 Å². The van der Waals surface area contributed by atoms with Gasteiger partial charge in [0.25, 0.3) is 0 Å². The third-order valence-corrected chi connectivity index (χ3v) is 14.7. The zero-order valence-corrected chi connectivity index (χ0v) is 49.5. The largest absolute Gasteiger partial charge is 0.479 e. The number of allylic oxidation sites excluding steroid dienone is 6. The molecule has 0 amide bonds. The number of aliphatic hydroxyl groups is 2. The lowest BCUT2D eigenvalue weighted by atomic mass is 9.98. The topological polar surface area (TPSA) is 175 Å². The molecule has 1 aliphatic heterocycles. The first-order valence-electron chi connectivity index (χ1n) is 32.0. The molecule has 1 saturated heterocycles. The minimum absolute atomic E-state index is 0.0645. The maximum Gasteiger partial charge on any atom is 0.335 e. The van der Waals surface area contributed by atoms with Crippen LogP contribution in [0.1, 0.15) is 303 Å². The first-order chi connectivity index (χ1) is 37.6. The number of aliphatic carboxylic acids is 1. The van der Waals surface area contributed by atoms with Crippen LogP contribution in [0.4, 0.5) is 0 Å². The van der Waals surface area contributed by atoms with Crippen LogP contribution in [0.3, 0.4) is 0 Å². The smallest absolute Gasteiger partial charge is 0.335 e. The average Bonchev–Trinajstić information content (AvgIpc) is 3.42. The first-order valence-corrected chi connectivity index (χ1v) is 32.0. The Morgan fingerprint density at radius 3 is 1.22 bits per heavy atom. The van der Waals surface area contributed by atoms with E-state index in [-0.39, 0.29) is 25.9 Å². The van der Waals surface area contributed by atoms with Gasteiger partial charge in [0, 0.05) is 19.3 Å². The second-order valence-electron chi connectivity index (χ2n) is 22.0. The lowest BCUT2D eigenvalue weighted by Gasteiger charge is -2.40. The third kappa shape index (κ3) is 43.4. The van der Waals surface area contributed by atoms with E-state index < -0.39 is 67.3 Å². The van der Waals surface area contributed by atoms with Crippen LogP contribution in [0.5, 0.6) is 0 Å². The molecule has 12 heteroatoms. The molecule has 0 aliphatic carbocycles.